The van der Waals surface area contributed by atoms with Gasteiger partial charge in [0.25, 0.3) is 0 Å². The van der Waals surface area contributed by atoms with Crippen molar-refractivity contribution in [3.63, 3.8) is 0 Å². The number of hydrogen-bond donors (Lipinski definition) is 2. The van der Waals surface area contributed by atoms with Crippen molar-refractivity contribution < 1.29 is 14.7 Å². The van der Waals surface area contributed by atoms with Gasteiger partial charge in [0.1, 0.15) is 0 Å². The SMILES string of the molecule is CC(C)Cc1ccc(CNC(=O)/C=C/C(=O)O)cc1. The molecule has 4 nitrogen and oxygen atoms in total. The monoisotopic (exact) mass is 261 g/mol. The molecule has 102 valence electrons. The maximum atomic E-state index is 11.3. The summed E-state index contributed by atoms with van der Waals surface area (Å²) in [6.07, 6.45) is 2.87. The highest BCUT2D eigenvalue weighted by Crippen LogP contribution is 2.09. The lowest BCUT2D eigenvalue weighted by Gasteiger charge is -2.07. The van der Waals surface area contributed by atoms with Crippen molar-refractivity contribution in [3.05, 3.63) is 47.5 Å². The van der Waals surface area contributed by atoms with E-state index in [-0.39, 0.29) is 0 Å². The molecule has 0 saturated heterocycles. The van der Waals surface area contributed by atoms with Crippen LogP contribution in [0.15, 0.2) is 36.4 Å². The number of carboxylic acid groups (broad SMARTS) is 1. The second-order valence-electron chi connectivity index (χ2n) is 4.80. The molecule has 0 bridgehead atoms. The van der Waals surface area contributed by atoms with Gasteiger partial charge in [-0.1, -0.05) is 38.1 Å². The number of carbonyl (C=O) groups excluding carboxylic acids is 1. The first kappa shape index (κ1) is 15.0. The summed E-state index contributed by atoms with van der Waals surface area (Å²) < 4.78 is 0. The van der Waals surface area contributed by atoms with E-state index in [0.29, 0.717) is 12.5 Å². The number of carboxylic acids is 1. The Balaban J connectivity index is 2.45. The summed E-state index contributed by atoms with van der Waals surface area (Å²) in [5.74, 6) is -0.923. The highest BCUT2D eigenvalue weighted by Gasteiger charge is 2.00. The summed E-state index contributed by atoms with van der Waals surface area (Å²) in [7, 11) is 0. The summed E-state index contributed by atoms with van der Waals surface area (Å²) in [5.41, 5.74) is 2.26. The molecule has 4 heteroatoms. The van der Waals surface area contributed by atoms with Gasteiger partial charge >= 0.3 is 5.97 Å². The average Bonchev–Trinajstić information content (AvgIpc) is 2.35. The number of nitrogens with one attached hydrogen (secondary N) is 1. The van der Waals surface area contributed by atoms with E-state index in [1.165, 1.54) is 5.56 Å². The molecule has 0 unspecified atom stereocenters. The second-order valence-corrected chi connectivity index (χ2v) is 4.80. The number of aliphatic carboxylic acids is 1. The van der Waals surface area contributed by atoms with Gasteiger partial charge < -0.3 is 10.4 Å². The predicted octanol–water partition coefficient (Wildman–Crippen LogP) is 2.14. The van der Waals surface area contributed by atoms with E-state index in [2.05, 4.69) is 31.3 Å². The molecule has 19 heavy (non-hydrogen) atoms. The summed E-state index contributed by atoms with van der Waals surface area (Å²) in [5, 5.41) is 11.0. The lowest BCUT2D eigenvalue weighted by molar-refractivity contribution is -0.131. The van der Waals surface area contributed by atoms with Gasteiger partial charge in [-0.25, -0.2) is 4.79 Å². The Hall–Kier alpha value is -2.10. The van der Waals surface area contributed by atoms with Gasteiger partial charge in [-0.15, -0.1) is 0 Å². The lowest BCUT2D eigenvalue weighted by Crippen LogP contribution is -2.20. The summed E-state index contributed by atoms with van der Waals surface area (Å²) in [6.45, 7) is 4.73. The van der Waals surface area contributed by atoms with E-state index in [1.54, 1.807) is 0 Å². The number of hydrogen-bond acceptors (Lipinski definition) is 2. The van der Waals surface area contributed by atoms with Gasteiger partial charge in [0.2, 0.25) is 5.91 Å². The largest absolute Gasteiger partial charge is 0.478 e. The van der Waals surface area contributed by atoms with Crippen LogP contribution in [0, 0.1) is 5.92 Å². The van der Waals surface area contributed by atoms with E-state index in [4.69, 9.17) is 5.11 Å². The molecule has 0 heterocycles. The Morgan fingerprint density at radius 2 is 1.74 bits per heavy atom. The Labute approximate surface area is 113 Å². The standard InChI is InChI=1S/C15H19NO3/c1-11(2)9-12-3-5-13(6-4-12)10-16-14(17)7-8-15(18)19/h3-8,11H,9-10H2,1-2H3,(H,16,17)(H,18,19)/b8-7+. The van der Waals surface area contributed by atoms with Crippen LogP contribution in [0.4, 0.5) is 0 Å². The topological polar surface area (TPSA) is 66.4 Å². The van der Waals surface area contributed by atoms with Crippen molar-refractivity contribution in [3.8, 4) is 0 Å². The van der Waals surface area contributed by atoms with Crippen LogP contribution in [0.3, 0.4) is 0 Å². The number of rotatable bonds is 6. The summed E-state index contributed by atoms with van der Waals surface area (Å²) in [6, 6.07) is 8.04. The van der Waals surface area contributed by atoms with Gasteiger partial charge in [0.15, 0.2) is 0 Å². The van der Waals surface area contributed by atoms with Gasteiger partial charge in [0, 0.05) is 18.7 Å². The molecular formula is C15H19NO3. The molecule has 0 fully saturated rings. The quantitative estimate of drug-likeness (QED) is 0.771. The molecule has 0 aliphatic heterocycles. The van der Waals surface area contributed by atoms with Crippen LogP contribution >= 0.6 is 0 Å². The minimum atomic E-state index is -1.13. The van der Waals surface area contributed by atoms with Crippen molar-refractivity contribution in [2.24, 2.45) is 5.92 Å². The zero-order chi connectivity index (χ0) is 14.3. The van der Waals surface area contributed by atoms with Crippen molar-refractivity contribution in [1.82, 2.24) is 5.32 Å². The zero-order valence-electron chi connectivity index (χ0n) is 11.2. The number of amides is 1. The molecule has 1 aromatic rings. The Kier molecular flexibility index (Phi) is 5.79. The molecule has 1 aromatic carbocycles. The molecule has 0 radical (unpaired) electrons. The molecule has 0 spiro atoms. The van der Waals surface area contributed by atoms with Crippen molar-refractivity contribution >= 4 is 11.9 Å². The highest BCUT2D eigenvalue weighted by molar-refractivity contribution is 5.93. The molecule has 0 aliphatic carbocycles. The molecule has 0 aliphatic rings. The summed E-state index contributed by atoms with van der Waals surface area (Å²) >= 11 is 0. The molecule has 0 atom stereocenters. The van der Waals surface area contributed by atoms with Gasteiger partial charge in [-0.2, -0.15) is 0 Å². The minimum Gasteiger partial charge on any atom is -0.478 e. The average molecular weight is 261 g/mol. The second kappa shape index (κ2) is 7.36. The Bertz CT molecular complexity index is 461. The van der Waals surface area contributed by atoms with E-state index in [0.717, 1.165) is 24.1 Å². The lowest BCUT2D eigenvalue weighted by atomic mass is 10.0. The van der Waals surface area contributed by atoms with Crippen LogP contribution in [0.1, 0.15) is 25.0 Å². The van der Waals surface area contributed by atoms with Crippen LogP contribution in [0.5, 0.6) is 0 Å². The van der Waals surface area contributed by atoms with E-state index >= 15 is 0 Å². The Morgan fingerprint density at radius 3 is 2.26 bits per heavy atom. The summed E-state index contributed by atoms with van der Waals surface area (Å²) in [4.78, 5) is 21.5. The third kappa shape index (κ3) is 6.41. The fourth-order valence-electron chi connectivity index (χ4n) is 1.66. The van der Waals surface area contributed by atoms with Crippen molar-refractivity contribution in [2.45, 2.75) is 26.8 Å². The first-order valence-electron chi connectivity index (χ1n) is 6.24. The van der Waals surface area contributed by atoms with Crippen molar-refractivity contribution in [1.29, 1.82) is 0 Å². The third-order valence-electron chi connectivity index (χ3n) is 2.51. The molecule has 1 rings (SSSR count). The normalized spacial score (nSPS) is 10.9. The first-order valence-corrected chi connectivity index (χ1v) is 6.24. The van der Waals surface area contributed by atoms with E-state index in [9.17, 15) is 9.59 Å². The molecular weight excluding hydrogens is 242 g/mol. The van der Waals surface area contributed by atoms with Gasteiger partial charge in [-0.3, -0.25) is 4.79 Å². The van der Waals surface area contributed by atoms with Crippen LogP contribution in [0.2, 0.25) is 0 Å². The molecule has 1 amide bonds. The fraction of sp³-hybridized carbons (Fsp3) is 0.333. The number of carbonyl (C=O) groups is 2. The Morgan fingerprint density at radius 1 is 1.16 bits per heavy atom. The van der Waals surface area contributed by atoms with Crippen molar-refractivity contribution in [2.75, 3.05) is 0 Å². The van der Waals surface area contributed by atoms with Crippen LogP contribution in [0.25, 0.3) is 0 Å². The van der Waals surface area contributed by atoms with Crippen LogP contribution in [-0.4, -0.2) is 17.0 Å². The van der Waals surface area contributed by atoms with Gasteiger partial charge in [0.05, 0.1) is 0 Å². The third-order valence-corrected chi connectivity index (χ3v) is 2.51. The van der Waals surface area contributed by atoms with E-state index in [1.807, 2.05) is 12.1 Å². The predicted molar refractivity (Wildman–Crippen MR) is 73.6 cm³/mol. The number of benzene rings is 1. The minimum absolute atomic E-state index is 0.394. The van der Waals surface area contributed by atoms with Crippen LogP contribution in [-0.2, 0) is 22.6 Å². The maximum absolute atomic E-state index is 11.3. The van der Waals surface area contributed by atoms with E-state index < -0.39 is 11.9 Å². The molecule has 2 N–H and O–H groups in total. The maximum Gasteiger partial charge on any atom is 0.328 e. The van der Waals surface area contributed by atoms with Crippen LogP contribution < -0.4 is 5.32 Å². The first-order chi connectivity index (χ1) is 8.97. The smallest absolute Gasteiger partial charge is 0.328 e. The van der Waals surface area contributed by atoms with Gasteiger partial charge in [-0.05, 0) is 23.5 Å². The highest BCUT2D eigenvalue weighted by atomic mass is 16.4. The molecule has 0 saturated carbocycles. The molecule has 0 aromatic heterocycles. The fourth-order valence-corrected chi connectivity index (χ4v) is 1.66. The zero-order valence-corrected chi connectivity index (χ0v) is 11.2.